The molecule has 2 aromatic heterocycles. The maximum absolute atomic E-state index is 12.6. The topological polar surface area (TPSA) is 134 Å². The first kappa shape index (κ1) is 16.7. The summed E-state index contributed by atoms with van der Waals surface area (Å²) in [5, 5.41) is 2.67. The summed E-state index contributed by atoms with van der Waals surface area (Å²) < 4.78 is 30.2. The molecule has 0 saturated carbocycles. The minimum absolute atomic E-state index is 0.0583. The molecule has 1 amide bonds. The second-order valence-corrected chi connectivity index (χ2v) is 7.10. The number of furan rings is 1. The fourth-order valence-electron chi connectivity index (χ4n) is 2.39. The highest BCUT2D eigenvalue weighted by Gasteiger charge is 2.21. The first-order valence-electron chi connectivity index (χ1n) is 7.10. The van der Waals surface area contributed by atoms with Crippen LogP contribution in [0.3, 0.4) is 0 Å². The maximum atomic E-state index is 12.6. The van der Waals surface area contributed by atoms with Gasteiger partial charge in [0.05, 0.1) is 23.8 Å². The van der Waals surface area contributed by atoms with Crippen LogP contribution in [0.15, 0.2) is 39.8 Å². The average Bonchev–Trinajstić information content (AvgIpc) is 2.83. The molecule has 0 spiro atoms. The molecule has 1 aromatic carbocycles. The van der Waals surface area contributed by atoms with Crippen LogP contribution in [-0.2, 0) is 10.0 Å². The quantitative estimate of drug-likeness (QED) is 0.643. The number of hydrogen-bond acceptors (Lipinski definition) is 6. The molecule has 3 rings (SSSR count). The van der Waals surface area contributed by atoms with Gasteiger partial charge >= 0.3 is 0 Å². The van der Waals surface area contributed by atoms with Gasteiger partial charge in [-0.25, -0.2) is 13.4 Å². The van der Waals surface area contributed by atoms with E-state index in [1.165, 1.54) is 12.4 Å². The molecular formula is C15H14N4O5S. The number of aromatic amines is 1. The number of sulfonamides is 1. The number of hydrogen-bond donors (Lipinski definition) is 3. The summed E-state index contributed by atoms with van der Waals surface area (Å²) in [6, 6.07) is 6.17. The minimum atomic E-state index is -3.44. The number of anilines is 2. The molecule has 0 fully saturated rings. The van der Waals surface area contributed by atoms with Gasteiger partial charge < -0.3 is 14.7 Å². The lowest BCUT2D eigenvalue weighted by Gasteiger charge is -2.08. The number of fused-ring (bicyclic) bond motifs is 1. The summed E-state index contributed by atoms with van der Waals surface area (Å²) in [6.45, 7) is 1.55. The first-order valence-corrected chi connectivity index (χ1v) is 9.00. The van der Waals surface area contributed by atoms with E-state index in [1.807, 2.05) is 0 Å². The zero-order valence-corrected chi connectivity index (χ0v) is 14.1. The second kappa shape index (κ2) is 6.06. The summed E-state index contributed by atoms with van der Waals surface area (Å²) in [7, 11) is -3.44. The van der Waals surface area contributed by atoms with Gasteiger partial charge in [0, 0.05) is 5.69 Å². The number of rotatable bonds is 4. The van der Waals surface area contributed by atoms with Crippen molar-refractivity contribution in [1.82, 2.24) is 9.97 Å². The predicted molar refractivity (Wildman–Crippen MR) is 92.2 cm³/mol. The Balaban J connectivity index is 1.95. The monoisotopic (exact) mass is 362 g/mol. The summed E-state index contributed by atoms with van der Waals surface area (Å²) in [6.07, 6.45) is 2.22. The van der Waals surface area contributed by atoms with Crippen molar-refractivity contribution in [3.63, 3.8) is 0 Å². The molecule has 3 aromatic rings. The number of aryl methyl sites for hydroxylation is 1. The Bertz CT molecular complexity index is 1130. The van der Waals surface area contributed by atoms with Gasteiger partial charge in [-0.3, -0.25) is 14.3 Å². The molecule has 0 atom stereocenters. The molecule has 0 aliphatic carbocycles. The molecule has 130 valence electrons. The molecule has 0 aliphatic rings. The number of carbonyl (C=O) groups is 1. The highest BCUT2D eigenvalue weighted by atomic mass is 32.2. The molecule has 0 saturated heterocycles. The van der Waals surface area contributed by atoms with Crippen molar-refractivity contribution in [2.24, 2.45) is 0 Å². The number of benzene rings is 1. The Labute approximate surface area is 142 Å². The SMILES string of the molecule is Cc1oc2nc[nH]c(=O)c2c1C(=O)Nc1cccc(NS(C)(=O)=O)c1. The number of H-pyrrole nitrogens is 1. The third kappa shape index (κ3) is 3.53. The highest BCUT2D eigenvalue weighted by molar-refractivity contribution is 7.92. The summed E-state index contributed by atoms with van der Waals surface area (Å²) in [4.78, 5) is 30.8. The average molecular weight is 362 g/mol. The zero-order valence-electron chi connectivity index (χ0n) is 13.3. The maximum Gasteiger partial charge on any atom is 0.262 e. The van der Waals surface area contributed by atoms with Crippen molar-refractivity contribution in [2.75, 3.05) is 16.3 Å². The lowest BCUT2D eigenvalue weighted by molar-refractivity contribution is 0.102. The number of aromatic nitrogens is 2. The largest absolute Gasteiger partial charge is 0.442 e. The molecule has 2 heterocycles. The van der Waals surface area contributed by atoms with Crippen LogP contribution >= 0.6 is 0 Å². The van der Waals surface area contributed by atoms with E-state index in [1.54, 1.807) is 25.1 Å². The lowest BCUT2D eigenvalue weighted by atomic mass is 10.1. The second-order valence-electron chi connectivity index (χ2n) is 5.35. The van der Waals surface area contributed by atoms with E-state index in [2.05, 4.69) is 20.0 Å². The summed E-state index contributed by atoms with van der Waals surface area (Å²) >= 11 is 0. The Morgan fingerprint density at radius 3 is 2.72 bits per heavy atom. The molecule has 0 unspecified atom stereocenters. The van der Waals surface area contributed by atoms with Crippen molar-refractivity contribution in [3.05, 3.63) is 52.3 Å². The van der Waals surface area contributed by atoms with Gasteiger partial charge in [-0.05, 0) is 25.1 Å². The number of nitrogens with one attached hydrogen (secondary N) is 3. The van der Waals surface area contributed by atoms with Gasteiger partial charge in [-0.2, -0.15) is 0 Å². The van der Waals surface area contributed by atoms with E-state index in [0.29, 0.717) is 11.4 Å². The van der Waals surface area contributed by atoms with E-state index in [0.717, 1.165) is 6.26 Å². The molecular weight excluding hydrogens is 348 g/mol. The first-order chi connectivity index (χ1) is 11.7. The van der Waals surface area contributed by atoms with Gasteiger partial charge in [0.1, 0.15) is 11.1 Å². The third-order valence-corrected chi connectivity index (χ3v) is 3.93. The summed E-state index contributed by atoms with van der Waals surface area (Å²) in [5.74, 6) is -0.312. The molecule has 25 heavy (non-hydrogen) atoms. The van der Waals surface area contributed by atoms with Crippen LogP contribution < -0.4 is 15.6 Å². The molecule has 0 radical (unpaired) electrons. The van der Waals surface area contributed by atoms with Crippen molar-refractivity contribution < 1.29 is 17.6 Å². The van der Waals surface area contributed by atoms with Crippen LogP contribution in [0.4, 0.5) is 11.4 Å². The Morgan fingerprint density at radius 2 is 2.00 bits per heavy atom. The van der Waals surface area contributed by atoms with Gasteiger partial charge in [0.2, 0.25) is 15.7 Å². The van der Waals surface area contributed by atoms with Gasteiger partial charge in [0.25, 0.3) is 11.5 Å². The van der Waals surface area contributed by atoms with Crippen molar-refractivity contribution >= 4 is 38.4 Å². The minimum Gasteiger partial charge on any atom is -0.442 e. The third-order valence-electron chi connectivity index (χ3n) is 3.32. The van der Waals surface area contributed by atoms with Crippen LogP contribution in [0.25, 0.3) is 11.1 Å². The van der Waals surface area contributed by atoms with Crippen molar-refractivity contribution in [1.29, 1.82) is 0 Å². The van der Waals surface area contributed by atoms with E-state index < -0.39 is 21.5 Å². The van der Waals surface area contributed by atoms with E-state index in [4.69, 9.17) is 4.42 Å². The van der Waals surface area contributed by atoms with Gasteiger partial charge in [0.15, 0.2) is 0 Å². The Morgan fingerprint density at radius 1 is 1.28 bits per heavy atom. The van der Waals surface area contributed by atoms with Gasteiger partial charge in [-0.15, -0.1) is 0 Å². The van der Waals surface area contributed by atoms with Crippen LogP contribution in [0.2, 0.25) is 0 Å². The fourth-order valence-corrected chi connectivity index (χ4v) is 2.95. The van der Waals surface area contributed by atoms with Crippen molar-refractivity contribution in [2.45, 2.75) is 6.92 Å². The molecule has 3 N–H and O–H groups in total. The lowest BCUT2D eigenvalue weighted by Crippen LogP contribution is -2.16. The van der Waals surface area contributed by atoms with E-state index in [-0.39, 0.29) is 22.4 Å². The van der Waals surface area contributed by atoms with Crippen LogP contribution in [0, 0.1) is 6.92 Å². The summed E-state index contributed by atoms with van der Waals surface area (Å²) in [5.41, 5.74) is 0.311. The molecule has 10 heteroatoms. The molecule has 0 aliphatic heterocycles. The van der Waals surface area contributed by atoms with E-state index >= 15 is 0 Å². The van der Waals surface area contributed by atoms with Crippen molar-refractivity contribution in [3.8, 4) is 0 Å². The number of amides is 1. The predicted octanol–water partition coefficient (Wildman–Crippen LogP) is 1.45. The fraction of sp³-hybridized carbons (Fsp3) is 0.133. The standard InChI is InChI=1S/C15H14N4O5S/c1-8-11(12-13(20)16-7-17-15(12)24-8)14(21)18-9-4-3-5-10(6-9)19-25(2,22)23/h3-7,19H,1-2H3,(H,18,21)(H,16,17,20). The van der Waals surface area contributed by atoms with Crippen LogP contribution in [-0.4, -0.2) is 30.5 Å². The Kier molecular flexibility index (Phi) is 4.05. The van der Waals surface area contributed by atoms with Gasteiger partial charge in [-0.1, -0.05) is 6.07 Å². The molecule has 9 nitrogen and oxygen atoms in total. The smallest absolute Gasteiger partial charge is 0.262 e. The number of nitrogens with zero attached hydrogens (tertiary/aromatic N) is 1. The Hall–Kier alpha value is -3.14. The molecule has 0 bridgehead atoms. The highest BCUT2D eigenvalue weighted by Crippen LogP contribution is 2.23. The number of carbonyl (C=O) groups excluding carboxylic acids is 1. The van der Waals surface area contributed by atoms with E-state index in [9.17, 15) is 18.0 Å². The zero-order chi connectivity index (χ0) is 18.2. The van der Waals surface area contributed by atoms with Crippen LogP contribution in [0.1, 0.15) is 16.1 Å². The van der Waals surface area contributed by atoms with Crippen LogP contribution in [0.5, 0.6) is 0 Å². The normalized spacial score (nSPS) is 11.4.